The molecule has 17 heavy (non-hydrogen) atoms. The molecule has 3 nitrogen and oxygen atoms in total. The summed E-state index contributed by atoms with van der Waals surface area (Å²) in [4.78, 5) is 4.46. The van der Waals surface area contributed by atoms with Crippen molar-refractivity contribution in [3.63, 3.8) is 0 Å². The molecular weight excluding hydrogens is 278 g/mol. The largest absolute Gasteiger partial charge is 0.352 e. The normalized spacial score (nSPS) is 10.5. The van der Waals surface area contributed by atoms with Crippen LogP contribution in [0.5, 0.6) is 0 Å². The van der Waals surface area contributed by atoms with E-state index in [2.05, 4.69) is 56.1 Å². The summed E-state index contributed by atoms with van der Waals surface area (Å²) in [6.45, 7) is 5.83. The van der Waals surface area contributed by atoms with Crippen molar-refractivity contribution in [3.05, 3.63) is 46.2 Å². The van der Waals surface area contributed by atoms with E-state index in [1.165, 1.54) is 5.56 Å². The zero-order valence-electron chi connectivity index (χ0n) is 10.1. The second kappa shape index (κ2) is 5.36. The van der Waals surface area contributed by atoms with Crippen molar-refractivity contribution in [2.75, 3.05) is 5.32 Å². The Labute approximate surface area is 110 Å². The third-order valence-electron chi connectivity index (χ3n) is 2.63. The van der Waals surface area contributed by atoms with Gasteiger partial charge in [-0.15, -0.1) is 0 Å². The molecule has 0 saturated heterocycles. The van der Waals surface area contributed by atoms with Crippen LogP contribution in [0.15, 0.2) is 34.9 Å². The minimum atomic E-state index is 0.776. The fraction of sp³-hybridized carbons (Fsp3) is 0.308. The molecule has 0 aliphatic carbocycles. The first-order chi connectivity index (χ1) is 8.20. The molecule has 0 spiro atoms. The fourth-order valence-corrected chi connectivity index (χ4v) is 2.17. The average molecular weight is 294 g/mol. The Morgan fingerprint density at radius 1 is 1.35 bits per heavy atom. The molecule has 0 fully saturated rings. The molecule has 0 bridgehead atoms. The number of nitrogens with zero attached hydrogens (tertiary/aromatic N) is 2. The molecule has 1 N–H and O–H groups in total. The molecular formula is C13H16BrN3. The number of imidazole rings is 1. The molecule has 0 unspecified atom stereocenters. The Bertz CT molecular complexity index is 505. The van der Waals surface area contributed by atoms with Gasteiger partial charge in [0, 0.05) is 23.8 Å². The number of rotatable bonds is 4. The number of benzene rings is 1. The molecule has 0 radical (unpaired) electrons. The first kappa shape index (κ1) is 12.2. The van der Waals surface area contributed by atoms with E-state index in [0.29, 0.717) is 0 Å². The number of aryl methyl sites for hydroxylation is 2. The van der Waals surface area contributed by atoms with Crippen LogP contribution in [0, 0.1) is 6.92 Å². The average Bonchev–Trinajstić information content (AvgIpc) is 2.69. The molecule has 4 heteroatoms. The van der Waals surface area contributed by atoms with E-state index >= 15 is 0 Å². The lowest BCUT2D eigenvalue weighted by molar-refractivity contribution is 0.762. The van der Waals surface area contributed by atoms with Crippen molar-refractivity contribution in [2.45, 2.75) is 26.9 Å². The van der Waals surface area contributed by atoms with Crippen molar-refractivity contribution in [1.29, 1.82) is 0 Å². The standard InChI is InChI=1S/C13H16BrN3/c1-3-17-9-10(2)16-13(17)15-8-11-6-4-5-7-12(11)14/h4-7,9H,3,8H2,1-2H3,(H,15,16). The summed E-state index contributed by atoms with van der Waals surface area (Å²) in [6, 6.07) is 8.21. The lowest BCUT2D eigenvalue weighted by atomic mass is 10.2. The summed E-state index contributed by atoms with van der Waals surface area (Å²) in [5.41, 5.74) is 2.28. The first-order valence-electron chi connectivity index (χ1n) is 5.71. The second-order valence-electron chi connectivity index (χ2n) is 3.94. The van der Waals surface area contributed by atoms with Gasteiger partial charge in [-0.1, -0.05) is 34.1 Å². The van der Waals surface area contributed by atoms with E-state index in [9.17, 15) is 0 Å². The highest BCUT2D eigenvalue weighted by atomic mass is 79.9. The Morgan fingerprint density at radius 2 is 2.12 bits per heavy atom. The topological polar surface area (TPSA) is 29.9 Å². The summed E-state index contributed by atoms with van der Waals surface area (Å²) in [5.74, 6) is 0.931. The molecule has 1 aromatic heterocycles. The Morgan fingerprint density at radius 3 is 2.82 bits per heavy atom. The first-order valence-corrected chi connectivity index (χ1v) is 6.51. The lowest BCUT2D eigenvalue weighted by Crippen LogP contribution is -2.06. The van der Waals surface area contributed by atoms with Crippen LogP contribution in [0.3, 0.4) is 0 Å². The molecule has 0 atom stereocenters. The van der Waals surface area contributed by atoms with Gasteiger partial charge in [0.25, 0.3) is 0 Å². The summed E-state index contributed by atoms with van der Waals surface area (Å²) in [7, 11) is 0. The van der Waals surface area contributed by atoms with Gasteiger partial charge in [-0.05, 0) is 25.5 Å². The third kappa shape index (κ3) is 2.88. The molecule has 1 heterocycles. The van der Waals surface area contributed by atoms with E-state index in [1.807, 2.05) is 19.1 Å². The highest BCUT2D eigenvalue weighted by Crippen LogP contribution is 2.17. The van der Waals surface area contributed by atoms with E-state index in [-0.39, 0.29) is 0 Å². The van der Waals surface area contributed by atoms with E-state index in [0.717, 1.165) is 29.2 Å². The SMILES string of the molecule is CCn1cc(C)nc1NCc1ccccc1Br. The monoisotopic (exact) mass is 293 g/mol. The summed E-state index contributed by atoms with van der Waals surface area (Å²) >= 11 is 3.54. The quantitative estimate of drug-likeness (QED) is 0.934. The summed E-state index contributed by atoms with van der Waals surface area (Å²) in [5, 5.41) is 3.36. The third-order valence-corrected chi connectivity index (χ3v) is 3.41. The van der Waals surface area contributed by atoms with Gasteiger partial charge in [-0.3, -0.25) is 0 Å². The van der Waals surface area contributed by atoms with Gasteiger partial charge in [0.1, 0.15) is 0 Å². The molecule has 2 aromatic rings. The molecule has 90 valence electrons. The minimum absolute atomic E-state index is 0.776. The Balaban J connectivity index is 2.09. The van der Waals surface area contributed by atoms with Crippen molar-refractivity contribution in [1.82, 2.24) is 9.55 Å². The molecule has 0 aliphatic heterocycles. The number of anilines is 1. The van der Waals surface area contributed by atoms with Crippen molar-refractivity contribution >= 4 is 21.9 Å². The van der Waals surface area contributed by atoms with Crippen LogP contribution in [-0.4, -0.2) is 9.55 Å². The van der Waals surface area contributed by atoms with Crippen molar-refractivity contribution in [2.24, 2.45) is 0 Å². The number of hydrogen-bond acceptors (Lipinski definition) is 2. The van der Waals surface area contributed by atoms with Crippen LogP contribution >= 0.6 is 15.9 Å². The van der Waals surface area contributed by atoms with E-state index in [4.69, 9.17) is 0 Å². The zero-order chi connectivity index (χ0) is 12.3. The fourth-order valence-electron chi connectivity index (χ4n) is 1.74. The van der Waals surface area contributed by atoms with Gasteiger partial charge in [0.15, 0.2) is 0 Å². The minimum Gasteiger partial charge on any atom is -0.352 e. The summed E-state index contributed by atoms with van der Waals surface area (Å²) in [6.07, 6.45) is 2.06. The Kier molecular flexibility index (Phi) is 3.84. The van der Waals surface area contributed by atoms with Crippen LogP contribution in [0.25, 0.3) is 0 Å². The van der Waals surface area contributed by atoms with Crippen LogP contribution in [-0.2, 0) is 13.1 Å². The van der Waals surface area contributed by atoms with Crippen molar-refractivity contribution < 1.29 is 0 Å². The maximum atomic E-state index is 4.46. The van der Waals surface area contributed by atoms with Gasteiger partial charge in [-0.2, -0.15) is 0 Å². The van der Waals surface area contributed by atoms with Crippen LogP contribution < -0.4 is 5.32 Å². The van der Waals surface area contributed by atoms with Crippen LogP contribution in [0.2, 0.25) is 0 Å². The zero-order valence-corrected chi connectivity index (χ0v) is 11.7. The van der Waals surface area contributed by atoms with Gasteiger partial charge in [0.2, 0.25) is 5.95 Å². The molecule has 0 aliphatic rings. The van der Waals surface area contributed by atoms with Crippen LogP contribution in [0.1, 0.15) is 18.2 Å². The molecule has 0 saturated carbocycles. The number of halogens is 1. The number of nitrogens with one attached hydrogen (secondary N) is 1. The molecule has 0 amide bonds. The number of hydrogen-bond donors (Lipinski definition) is 1. The van der Waals surface area contributed by atoms with Crippen molar-refractivity contribution in [3.8, 4) is 0 Å². The van der Waals surface area contributed by atoms with Gasteiger partial charge in [-0.25, -0.2) is 4.98 Å². The predicted octanol–water partition coefficient (Wildman–Crippen LogP) is 3.59. The van der Waals surface area contributed by atoms with Crippen LogP contribution in [0.4, 0.5) is 5.95 Å². The second-order valence-corrected chi connectivity index (χ2v) is 4.79. The van der Waals surface area contributed by atoms with E-state index in [1.54, 1.807) is 0 Å². The smallest absolute Gasteiger partial charge is 0.203 e. The van der Waals surface area contributed by atoms with E-state index < -0.39 is 0 Å². The highest BCUT2D eigenvalue weighted by Gasteiger charge is 2.04. The highest BCUT2D eigenvalue weighted by molar-refractivity contribution is 9.10. The van der Waals surface area contributed by atoms with Gasteiger partial charge >= 0.3 is 0 Å². The maximum absolute atomic E-state index is 4.46. The molecule has 2 rings (SSSR count). The predicted molar refractivity (Wildman–Crippen MR) is 74.1 cm³/mol. The summed E-state index contributed by atoms with van der Waals surface area (Å²) < 4.78 is 3.24. The van der Waals surface area contributed by atoms with Gasteiger partial charge < -0.3 is 9.88 Å². The Hall–Kier alpha value is -1.29. The maximum Gasteiger partial charge on any atom is 0.203 e. The molecule has 1 aromatic carbocycles. The number of aromatic nitrogens is 2. The lowest BCUT2D eigenvalue weighted by Gasteiger charge is -2.08. The van der Waals surface area contributed by atoms with Gasteiger partial charge in [0.05, 0.1) is 5.69 Å².